The van der Waals surface area contributed by atoms with E-state index in [9.17, 15) is 9.59 Å². The van der Waals surface area contributed by atoms with Crippen molar-refractivity contribution in [1.82, 2.24) is 9.88 Å². The molecule has 2 rings (SSSR count). The van der Waals surface area contributed by atoms with Gasteiger partial charge in [0.2, 0.25) is 5.91 Å². The molecule has 0 bridgehead atoms. The van der Waals surface area contributed by atoms with Crippen LogP contribution in [0, 0.1) is 6.92 Å². The Labute approximate surface area is 143 Å². The minimum Gasteiger partial charge on any atom is -0.326 e. The Morgan fingerprint density at radius 2 is 2.09 bits per heavy atom. The van der Waals surface area contributed by atoms with E-state index in [0.29, 0.717) is 15.7 Å². The summed E-state index contributed by atoms with van der Waals surface area (Å²) in [5.41, 5.74) is 0.467. The molecule has 0 atom stereocenters. The van der Waals surface area contributed by atoms with E-state index in [0.717, 1.165) is 4.88 Å². The standard InChI is InChI=1S/C16H16ClN3O2S/c1-3-8-20(15(22)12-4-6-13(17)7-5-12)10-14(21)19-16-18-9-11(2)23-16/h3-7,9H,1,8,10H2,2H3,(H,18,19,21). The van der Waals surface area contributed by atoms with Crippen molar-refractivity contribution in [3.8, 4) is 0 Å². The minimum absolute atomic E-state index is 0.0773. The number of aryl methyl sites for hydroxylation is 1. The van der Waals surface area contributed by atoms with Crippen LogP contribution >= 0.6 is 22.9 Å². The molecule has 5 nitrogen and oxygen atoms in total. The monoisotopic (exact) mass is 349 g/mol. The molecule has 120 valence electrons. The van der Waals surface area contributed by atoms with Crippen LogP contribution in [-0.2, 0) is 4.79 Å². The van der Waals surface area contributed by atoms with Crippen LogP contribution < -0.4 is 5.32 Å². The predicted molar refractivity (Wildman–Crippen MR) is 93.0 cm³/mol. The summed E-state index contributed by atoms with van der Waals surface area (Å²) >= 11 is 7.20. The lowest BCUT2D eigenvalue weighted by atomic mass is 10.2. The highest BCUT2D eigenvalue weighted by Gasteiger charge is 2.18. The van der Waals surface area contributed by atoms with E-state index in [1.807, 2.05) is 6.92 Å². The molecule has 2 amide bonds. The smallest absolute Gasteiger partial charge is 0.254 e. The topological polar surface area (TPSA) is 62.3 Å². The van der Waals surface area contributed by atoms with E-state index < -0.39 is 0 Å². The van der Waals surface area contributed by atoms with Crippen molar-refractivity contribution in [2.45, 2.75) is 6.92 Å². The molecular formula is C16H16ClN3O2S. The normalized spacial score (nSPS) is 10.2. The molecule has 1 aromatic heterocycles. The van der Waals surface area contributed by atoms with E-state index in [4.69, 9.17) is 11.6 Å². The second-order valence-electron chi connectivity index (χ2n) is 4.81. The van der Waals surface area contributed by atoms with Crippen LogP contribution in [0.4, 0.5) is 5.13 Å². The maximum Gasteiger partial charge on any atom is 0.254 e. The summed E-state index contributed by atoms with van der Waals surface area (Å²) in [5, 5.41) is 3.75. The molecule has 23 heavy (non-hydrogen) atoms. The van der Waals surface area contributed by atoms with E-state index in [2.05, 4.69) is 16.9 Å². The van der Waals surface area contributed by atoms with Gasteiger partial charge in [-0.05, 0) is 31.2 Å². The van der Waals surface area contributed by atoms with Gasteiger partial charge in [0.15, 0.2) is 5.13 Å². The number of carbonyl (C=O) groups excluding carboxylic acids is 2. The van der Waals surface area contributed by atoms with E-state index >= 15 is 0 Å². The Bertz CT molecular complexity index is 712. The number of halogens is 1. The van der Waals surface area contributed by atoms with Gasteiger partial charge >= 0.3 is 0 Å². The third-order valence-corrected chi connectivity index (χ3v) is 4.01. The number of carbonyl (C=O) groups is 2. The number of aromatic nitrogens is 1. The van der Waals surface area contributed by atoms with Gasteiger partial charge in [0.25, 0.3) is 5.91 Å². The lowest BCUT2D eigenvalue weighted by Gasteiger charge is -2.20. The van der Waals surface area contributed by atoms with Crippen LogP contribution in [0.3, 0.4) is 0 Å². The number of anilines is 1. The number of benzene rings is 1. The third kappa shape index (κ3) is 4.91. The molecule has 0 aliphatic carbocycles. The number of thiazole rings is 1. The van der Waals surface area contributed by atoms with E-state index in [1.54, 1.807) is 36.5 Å². The van der Waals surface area contributed by atoms with E-state index in [-0.39, 0.29) is 24.9 Å². The maximum atomic E-state index is 12.5. The Morgan fingerprint density at radius 1 is 1.39 bits per heavy atom. The highest BCUT2D eigenvalue weighted by Crippen LogP contribution is 2.16. The number of nitrogens with zero attached hydrogens (tertiary/aromatic N) is 2. The van der Waals surface area contributed by atoms with Gasteiger partial charge in [0.05, 0.1) is 0 Å². The quantitative estimate of drug-likeness (QED) is 0.813. The van der Waals surface area contributed by atoms with Crippen LogP contribution in [0.1, 0.15) is 15.2 Å². The first-order valence-corrected chi connectivity index (χ1v) is 8.07. The summed E-state index contributed by atoms with van der Waals surface area (Å²) in [6, 6.07) is 6.53. The Balaban J connectivity index is 2.05. The van der Waals surface area contributed by atoms with Gasteiger partial charge in [0, 0.05) is 28.2 Å². The summed E-state index contributed by atoms with van der Waals surface area (Å²) < 4.78 is 0. The summed E-state index contributed by atoms with van der Waals surface area (Å²) in [5.74, 6) is -0.560. The molecule has 0 spiro atoms. The highest BCUT2D eigenvalue weighted by molar-refractivity contribution is 7.15. The zero-order chi connectivity index (χ0) is 16.8. The number of amides is 2. The fraction of sp³-hybridized carbons (Fsp3) is 0.188. The fourth-order valence-corrected chi connectivity index (χ4v) is 2.70. The molecule has 0 unspecified atom stereocenters. The van der Waals surface area contributed by atoms with Crippen molar-refractivity contribution >= 4 is 39.9 Å². The first kappa shape index (κ1) is 17.2. The Kier molecular flexibility index (Phi) is 5.90. The molecule has 0 fully saturated rings. The van der Waals surface area contributed by atoms with Crippen molar-refractivity contribution < 1.29 is 9.59 Å². The van der Waals surface area contributed by atoms with Gasteiger partial charge in [-0.2, -0.15) is 0 Å². The average Bonchev–Trinajstić information content (AvgIpc) is 2.92. The fourth-order valence-electron chi connectivity index (χ4n) is 1.89. The van der Waals surface area contributed by atoms with Crippen LogP contribution in [-0.4, -0.2) is 34.8 Å². The molecule has 0 radical (unpaired) electrons. The molecule has 2 aromatic rings. The SMILES string of the molecule is C=CCN(CC(=O)Nc1ncc(C)s1)C(=O)c1ccc(Cl)cc1. The molecular weight excluding hydrogens is 334 g/mol. The zero-order valence-electron chi connectivity index (χ0n) is 12.6. The summed E-state index contributed by atoms with van der Waals surface area (Å²) in [6.45, 7) is 5.72. The van der Waals surface area contributed by atoms with Crippen LogP contribution in [0.2, 0.25) is 5.02 Å². The van der Waals surface area contributed by atoms with Crippen molar-refractivity contribution in [3.63, 3.8) is 0 Å². The van der Waals surface area contributed by atoms with Gasteiger partial charge in [0.1, 0.15) is 6.54 Å². The number of hydrogen-bond acceptors (Lipinski definition) is 4. The minimum atomic E-state index is -0.302. The molecule has 7 heteroatoms. The summed E-state index contributed by atoms with van der Waals surface area (Å²) in [6.07, 6.45) is 3.26. The zero-order valence-corrected chi connectivity index (χ0v) is 14.2. The number of hydrogen-bond donors (Lipinski definition) is 1. The number of rotatable bonds is 6. The van der Waals surface area contributed by atoms with Crippen LogP contribution in [0.5, 0.6) is 0 Å². The highest BCUT2D eigenvalue weighted by atomic mass is 35.5. The third-order valence-electron chi connectivity index (χ3n) is 2.93. The summed E-state index contributed by atoms with van der Waals surface area (Å²) in [4.78, 5) is 31.1. The van der Waals surface area contributed by atoms with E-state index in [1.165, 1.54) is 16.2 Å². The Hall–Kier alpha value is -2.18. The van der Waals surface area contributed by atoms with Gasteiger partial charge in [-0.25, -0.2) is 4.98 Å². The molecule has 1 aromatic carbocycles. The molecule has 0 aliphatic heterocycles. The van der Waals surface area contributed by atoms with Gasteiger partial charge < -0.3 is 10.2 Å². The first-order valence-electron chi connectivity index (χ1n) is 6.87. The van der Waals surface area contributed by atoms with Crippen LogP contribution in [0.25, 0.3) is 0 Å². The average molecular weight is 350 g/mol. The van der Waals surface area contributed by atoms with Gasteiger partial charge in [-0.1, -0.05) is 17.7 Å². The maximum absolute atomic E-state index is 12.5. The molecule has 0 aliphatic rings. The lowest BCUT2D eigenvalue weighted by Crippen LogP contribution is -2.38. The van der Waals surface area contributed by atoms with Crippen molar-refractivity contribution in [1.29, 1.82) is 0 Å². The second-order valence-corrected chi connectivity index (χ2v) is 6.48. The second kappa shape index (κ2) is 7.89. The largest absolute Gasteiger partial charge is 0.326 e. The molecule has 1 N–H and O–H groups in total. The Morgan fingerprint density at radius 3 is 2.65 bits per heavy atom. The summed E-state index contributed by atoms with van der Waals surface area (Å²) in [7, 11) is 0. The molecule has 0 saturated carbocycles. The predicted octanol–water partition coefficient (Wildman–Crippen LogP) is 3.37. The number of nitrogens with one attached hydrogen (secondary N) is 1. The van der Waals surface area contributed by atoms with Crippen LogP contribution in [0.15, 0.2) is 43.1 Å². The van der Waals surface area contributed by atoms with Crippen molar-refractivity contribution in [2.75, 3.05) is 18.4 Å². The van der Waals surface area contributed by atoms with Crippen molar-refractivity contribution in [2.24, 2.45) is 0 Å². The molecule has 0 saturated heterocycles. The first-order chi connectivity index (χ1) is 11.0. The van der Waals surface area contributed by atoms with Gasteiger partial charge in [-0.3, -0.25) is 9.59 Å². The van der Waals surface area contributed by atoms with Crippen molar-refractivity contribution in [3.05, 3.63) is 58.6 Å². The van der Waals surface area contributed by atoms with Gasteiger partial charge in [-0.15, -0.1) is 17.9 Å². The molecule has 1 heterocycles. The lowest BCUT2D eigenvalue weighted by molar-refractivity contribution is -0.116.